The van der Waals surface area contributed by atoms with Gasteiger partial charge in [0, 0.05) is 45.5 Å². The highest BCUT2D eigenvalue weighted by molar-refractivity contribution is 5.94. The summed E-state index contributed by atoms with van der Waals surface area (Å²) in [5, 5.41) is 0. The van der Waals surface area contributed by atoms with Crippen molar-refractivity contribution in [3.8, 4) is 0 Å². The van der Waals surface area contributed by atoms with E-state index in [0.29, 0.717) is 52.5 Å². The van der Waals surface area contributed by atoms with Gasteiger partial charge in [-0.05, 0) is 17.7 Å². The van der Waals surface area contributed by atoms with Gasteiger partial charge in [-0.25, -0.2) is 0 Å². The Hall–Kier alpha value is -2.97. The quantitative estimate of drug-likeness (QED) is 0.699. The number of aromatic nitrogens is 1. The van der Waals surface area contributed by atoms with Gasteiger partial charge >= 0.3 is 0 Å². The zero-order valence-corrected chi connectivity index (χ0v) is 17.6. The lowest BCUT2D eigenvalue weighted by atomic mass is 10.2. The van der Waals surface area contributed by atoms with Crippen LogP contribution in [0, 0.1) is 0 Å². The Bertz CT molecular complexity index is 961. The first-order valence-corrected chi connectivity index (χ1v) is 10.7. The van der Waals surface area contributed by atoms with E-state index in [0.717, 1.165) is 18.7 Å². The Kier molecular flexibility index (Phi) is 6.79. The van der Waals surface area contributed by atoms with E-state index in [1.807, 2.05) is 30.3 Å². The van der Waals surface area contributed by atoms with Crippen LogP contribution in [0.25, 0.3) is 0 Å². The van der Waals surface area contributed by atoms with E-state index in [4.69, 9.17) is 4.74 Å². The molecule has 0 N–H and O–H groups in total. The Balaban J connectivity index is 1.36. The summed E-state index contributed by atoms with van der Waals surface area (Å²) < 4.78 is 6.88. The Morgan fingerprint density at radius 1 is 0.839 bits per heavy atom. The van der Waals surface area contributed by atoms with E-state index in [9.17, 15) is 14.4 Å². The summed E-state index contributed by atoms with van der Waals surface area (Å²) in [6, 6.07) is 13.0. The summed E-state index contributed by atoms with van der Waals surface area (Å²) in [6.45, 7) is 5.51. The Morgan fingerprint density at radius 2 is 1.52 bits per heavy atom. The molecule has 8 nitrogen and oxygen atoms in total. The maximum Gasteiger partial charge on any atom is 0.263 e. The van der Waals surface area contributed by atoms with E-state index < -0.39 is 0 Å². The number of pyridine rings is 1. The summed E-state index contributed by atoms with van der Waals surface area (Å²) in [4.78, 5) is 44.0. The van der Waals surface area contributed by atoms with Crippen LogP contribution in [0.2, 0.25) is 0 Å². The number of carbonyl (C=O) groups excluding carboxylic acids is 2. The maximum absolute atomic E-state index is 13.0. The number of hydrogen-bond acceptors (Lipinski definition) is 5. The van der Waals surface area contributed by atoms with Crippen molar-refractivity contribution in [2.24, 2.45) is 0 Å². The van der Waals surface area contributed by atoms with Crippen LogP contribution >= 0.6 is 0 Å². The number of ether oxygens (including phenoxy) is 1. The number of nitrogens with zero attached hydrogens (tertiary/aromatic N) is 4. The first-order chi connectivity index (χ1) is 15.1. The SMILES string of the molecule is O=C(CN1CCOCC1)N1CCN(C(=O)c2cccn(Cc3ccccc3)c2=O)CC1. The molecule has 3 heterocycles. The third-order valence-electron chi connectivity index (χ3n) is 5.83. The highest BCUT2D eigenvalue weighted by Crippen LogP contribution is 2.09. The maximum atomic E-state index is 13.0. The van der Waals surface area contributed by atoms with Crippen molar-refractivity contribution in [2.45, 2.75) is 6.54 Å². The van der Waals surface area contributed by atoms with Crippen molar-refractivity contribution in [1.82, 2.24) is 19.3 Å². The number of rotatable bonds is 5. The molecule has 2 aliphatic heterocycles. The van der Waals surface area contributed by atoms with Gasteiger partial charge in [-0.1, -0.05) is 30.3 Å². The highest BCUT2D eigenvalue weighted by atomic mass is 16.5. The minimum Gasteiger partial charge on any atom is -0.379 e. The van der Waals surface area contributed by atoms with Crippen LogP contribution in [0.15, 0.2) is 53.5 Å². The largest absolute Gasteiger partial charge is 0.379 e. The molecular formula is C23H28N4O4. The number of morpholine rings is 1. The van der Waals surface area contributed by atoms with Crippen LogP contribution in [0.4, 0.5) is 0 Å². The van der Waals surface area contributed by atoms with Gasteiger partial charge in [0.1, 0.15) is 5.56 Å². The van der Waals surface area contributed by atoms with Crippen molar-refractivity contribution >= 4 is 11.8 Å². The van der Waals surface area contributed by atoms with Gasteiger partial charge in [0.05, 0.1) is 26.3 Å². The molecule has 0 unspecified atom stereocenters. The molecule has 2 aliphatic rings. The summed E-state index contributed by atoms with van der Waals surface area (Å²) >= 11 is 0. The third-order valence-corrected chi connectivity index (χ3v) is 5.83. The number of hydrogen-bond donors (Lipinski definition) is 0. The van der Waals surface area contributed by atoms with Crippen molar-refractivity contribution in [1.29, 1.82) is 0 Å². The standard InChI is InChI=1S/C23H28N4O4/c28-21(18-24-13-15-31-16-14-24)25-9-11-26(12-10-25)22(29)20-7-4-8-27(23(20)30)17-19-5-2-1-3-6-19/h1-8H,9-18H2. The average molecular weight is 425 g/mol. The molecule has 4 rings (SSSR count). The van der Waals surface area contributed by atoms with Gasteiger partial charge < -0.3 is 19.1 Å². The lowest BCUT2D eigenvalue weighted by Crippen LogP contribution is -2.54. The summed E-state index contributed by atoms with van der Waals surface area (Å²) in [7, 11) is 0. The van der Waals surface area contributed by atoms with Gasteiger partial charge in [-0.2, -0.15) is 0 Å². The molecule has 0 bridgehead atoms. The fourth-order valence-corrected chi connectivity index (χ4v) is 3.98. The van der Waals surface area contributed by atoms with Crippen molar-refractivity contribution < 1.29 is 14.3 Å². The second-order valence-corrected chi connectivity index (χ2v) is 7.90. The topological polar surface area (TPSA) is 75.1 Å². The molecule has 0 radical (unpaired) electrons. The van der Waals surface area contributed by atoms with Crippen LogP contribution in [0.5, 0.6) is 0 Å². The molecule has 2 saturated heterocycles. The number of benzene rings is 1. The van der Waals surface area contributed by atoms with Gasteiger partial charge in [0.2, 0.25) is 5.91 Å². The average Bonchev–Trinajstić information content (AvgIpc) is 2.81. The third kappa shape index (κ3) is 5.21. The fraction of sp³-hybridized carbons (Fsp3) is 0.435. The lowest BCUT2D eigenvalue weighted by molar-refractivity contribution is -0.134. The number of carbonyl (C=O) groups is 2. The van der Waals surface area contributed by atoms with Gasteiger partial charge in [-0.3, -0.25) is 19.3 Å². The van der Waals surface area contributed by atoms with E-state index >= 15 is 0 Å². The predicted octanol–water partition coefficient (Wildman–Crippen LogP) is 0.513. The normalized spacial score (nSPS) is 17.5. The van der Waals surface area contributed by atoms with E-state index in [2.05, 4.69) is 4.90 Å². The van der Waals surface area contributed by atoms with Crippen molar-refractivity contribution in [3.63, 3.8) is 0 Å². The minimum atomic E-state index is -0.290. The lowest BCUT2D eigenvalue weighted by Gasteiger charge is -2.36. The molecule has 8 heteroatoms. The van der Waals surface area contributed by atoms with Crippen LogP contribution in [-0.2, 0) is 16.1 Å². The molecule has 2 aromatic rings. The molecule has 2 fully saturated rings. The van der Waals surface area contributed by atoms with Crippen LogP contribution in [0.1, 0.15) is 15.9 Å². The van der Waals surface area contributed by atoms with Crippen LogP contribution in [0.3, 0.4) is 0 Å². The van der Waals surface area contributed by atoms with Gasteiger partial charge in [-0.15, -0.1) is 0 Å². The molecule has 1 aromatic heterocycles. The van der Waals surface area contributed by atoms with E-state index in [1.165, 1.54) is 0 Å². The zero-order valence-electron chi connectivity index (χ0n) is 17.6. The second-order valence-electron chi connectivity index (χ2n) is 7.90. The predicted molar refractivity (Wildman–Crippen MR) is 116 cm³/mol. The molecule has 2 amide bonds. The summed E-state index contributed by atoms with van der Waals surface area (Å²) in [6.07, 6.45) is 1.70. The van der Waals surface area contributed by atoms with Crippen molar-refractivity contribution in [3.05, 3.63) is 70.1 Å². The fourth-order valence-electron chi connectivity index (χ4n) is 3.98. The zero-order chi connectivity index (χ0) is 21.6. The Labute approximate surface area is 181 Å². The molecule has 0 aliphatic carbocycles. The summed E-state index contributed by atoms with van der Waals surface area (Å²) in [5.41, 5.74) is 0.885. The number of piperazine rings is 1. The molecule has 0 saturated carbocycles. The van der Waals surface area contributed by atoms with Crippen molar-refractivity contribution in [2.75, 3.05) is 59.0 Å². The molecular weight excluding hydrogens is 396 g/mol. The van der Waals surface area contributed by atoms with Crippen LogP contribution < -0.4 is 5.56 Å². The molecule has 1 aromatic carbocycles. The number of amides is 2. The summed E-state index contributed by atoms with van der Waals surface area (Å²) in [5.74, 6) is -0.188. The van der Waals surface area contributed by atoms with Gasteiger partial charge in [0.15, 0.2) is 0 Å². The first kappa shape index (κ1) is 21.3. The minimum absolute atomic E-state index is 0.0823. The Morgan fingerprint density at radius 3 is 2.23 bits per heavy atom. The smallest absolute Gasteiger partial charge is 0.263 e. The molecule has 0 spiro atoms. The molecule has 164 valence electrons. The first-order valence-electron chi connectivity index (χ1n) is 10.7. The molecule has 0 atom stereocenters. The van der Waals surface area contributed by atoms with Crippen LogP contribution in [-0.4, -0.2) is 90.1 Å². The monoisotopic (exact) mass is 424 g/mol. The van der Waals surface area contributed by atoms with E-state index in [-0.39, 0.29) is 22.9 Å². The van der Waals surface area contributed by atoms with Gasteiger partial charge in [0.25, 0.3) is 11.5 Å². The van der Waals surface area contributed by atoms with E-state index in [1.54, 1.807) is 32.7 Å². The second kappa shape index (κ2) is 9.89. The molecule has 31 heavy (non-hydrogen) atoms. The highest BCUT2D eigenvalue weighted by Gasteiger charge is 2.27.